The van der Waals surface area contributed by atoms with Gasteiger partial charge in [0.15, 0.2) is 0 Å². The third-order valence-electron chi connectivity index (χ3n) is 0. The molecule has 0 atom stereocenters. The second-order valence-electron chi connectivity index (χ2n) is 0.183. The Hall–Kier alpha value is 1.18. The monoisotopic (exact) mass is 84.0 g/mol. The van der Waals surface area contributed by atoms with Gasteiger partial charge in [-0.2, -0.15) is 0 Å². The van der Waals surface area contributed by atoms with Crippen LogP contribution in [0.2, 0.25) is 0 Å². The van der Waals surface area contributed by atoms with Crippen LogP contribution in [0, 0.1) is 0 Å². The Bertz CT molecular complexity index is 13.5. The van der Waals surface area contributed by atoms with Crippen molar-refractivity contribution in [1.29, 1.82) is 0 Å². The molecule has 0 bridgehead atoms. The van der Waals surface area contributed by atoms with Gasteiger partial charge in [0.25, 0.3) is 0 Å². The maximum atomic E-state index is 7.33. The Morgan fingerprint density at radius 1 is 1.75 bits per heavy atom. The van der Waals surface area contributed by atoms with Gasteiger partial charge in [-0.3, -0.25) is 0 Å². The molecule has 0 aromatic carbocycles. The van der Waals surface area contributed by atoms with Crippen molar-refractivity contribution in [2.24, 2.45) is 0 Å². The first-order valence-electron chi connectivity index (χ1n) is 0.666. The number of hydrogen-bond donors (Lipinski definition) is 1. The van der Waals surface area contributed by atoms with Crippen molar-refractivity contribution >= 4 is 51.4 Å². The summed E-state index contributed by atoms with van der Waals surface area (Å²) < 4.78 is 0. The van der Waals surface area contributed by atoms with Gasteiger partial charge in [0.2, 0.25) is 0 Å². The van der Waals surface area contributed by atoms with E-state index in [-0.39, 0.29) is 51.4 Å². The van der Waals surface area contributed by atoms with Crippen LogP contribution in [0.5, 0.6) is 0 Å². The van der Waals surface area contributed by atoms with Crippen molar-refractivity contribution in [2.75, 3.05) is 0 Å². The SMILES string of the molecule is C=CO.[KH]. The van der Waals surface area contributed by atoms with E-state index in [1.807, 2.05) is 0 Å². The third kappa shape index (κ3) is 10.9. The second kappa shape index (κ2) is 8.90. The maximum absolute atomic E-state index is 7.33. The van der Waals surface area contributed by atoms with Crippen LogP contribution in [0.3, 0.4) is 0 Å². The fraction of sp³-hybridized carbons (Fsp3) is 0. The molecule has 2 heteroatoms. The van der Waals surface area contributed by atoms with Gasteiger partial charge < -0.3 is 5.11 Å². The Kier molecular flexibility index (Phi) is 19.9. The molecule has 0 heterocycles. The minimum atomic E-state index is 0. The molecule has 0 amide bonds. The second-order valence-corrected chi connectivity index (χ2v) is 0.183. The van der Waals surface area contributed by atoms with Crippen LogP contribution < -0.4 is 0 Å². The summed E-state index contributed by atoms with van der Waals surface area (Å²) in [6.45, 7) is 2.92. The van der Waals surface area contributed by atoms with Gasteiger partial charge in [0, 0.05) is 0 Å². The Balaban J connectivity index is 0. The van der Waals surface area contributed by atoms with Gasteiger partial charge in [-0.25, -0.2) is 0 Å². The van der Waals surface area contributed by atoms with Crippen molar-refractivity contribution < 1.29 is 5.11 Å². The average Bonchev–Trinajstić information content (AvgIpc) is 0.918. The zero-order chi connectivity index (χ0) is 2.71. The van der Waals surface area contributed by atoms with Crippen LogP contribution in [-0.2, 0) is 0 Å². The molecule has 0 unspecified atom stereocenters. The molecule has 0 aliphatic carbocycles. The van der Waals surface area contributed by atoms with Gasteiger partial charge >= 0.3 is 51.4 Å². The molecule has 20 valence electrons. The molecule has 0 aromatic rings. The van der Waals surface area contributed by atoms with Crippen molar-refractivity contribution in [1.82, 2.24) is 0 Å². The molecule has 0 radical (unpaired) electrons. The number of aliphatic hydroxyl groups is 1. The van der Waals surface area contributed by atoms with Gasteiger partial charge in [0.05, 0.1) is 6.26 Å². The van der Waals surface area contributed by atoms with E-state index in [0.717, 1.165) is 6.26 Å². The van der Waals surface area contributed by atoms with Crippen molar-refractivity contribution in [3.8, 4) is 0 Å². The molecule has 1 N–H and O–H groups in total. The van der Waals surface area contributed by atoms with E-state index in [4.69, 9.17) is 5.11 Å². The topological polar surface area (TPSA) is 20.2 Å². The molecule has 4 heavy (non-hydrogen) atoms. The van der Waals surface area contributed by atoms with Gasteiger partial charge in [-0.1, -0.05) is 6.58 Å². The normalized spacial score (nSPS) is 3.00. The van der Waals surface area contributed by atoms with E-state index in [9.17, 15) is 0 Å². The van der Waals surface area contributed by atoms with E-state index in [0.29, 0.717) is 0 Å². The summed E-state index contributed by atoms with van der Waals surface area (Å²) in [5, 5.41) is 7.33. The van der Waals surface area contributed by atoms with Crippen LogP contribution in [0.15, 0.2) is 12.8 Å². The van der Waals surface area contributed by atoms with Crippen LogP contribution in [0.25, 0.3) is 0 Å². The predicted octanol–water partition coefficient (Wildman–Crippen LogP) is 0.0394. The summed E-state index contributed by atoms with van der Waals surface area (Å²) >= 11 is 0. The number of aliphatic hydroxyl groups excluding tert-OH is 1. The Morgan fingerprint density at radius 2 is 1.75 bits per heavy atom. The molecule has 0 saturated heterocycles. The average molecular weight is 84.2 g/mol. The van der Waals surface area contributed by atoms with E-state index in [2.05, 4.69) is 6.58 Å². The van der Waals surface area contributed by atoms with E-state index in [1.165, 1.54) is 0 Å². The van der Waals surface area contributed by atoms with Crippen molar-refractivity contribution in [2.45, 2.75) is 0 Å². The fourth-order valence-corrected chi connectivity index (χ4v) is 0. The standard InChI is InChI=1S/C2H4O.K.H/c1-2-3;;/h2-3H,1H2;;. The summed E-state index contributed by atoms with van der Waals surface area (Å²) in [5.41, 5.74) is 0. The Morgan fingerprint density at radius 3 is 1.75 bits per heavy atom. The van der Waals surface area contributed by atoms with Crippen molar-refractivity contribution in [3.05, 3.63) is 12.8 Å². The summed E-state index contributed by atoms with van der Waals surface area (Å²) in [5.74, 6) is 0. The summed E-state index contributed by atoms with van der Waals surface area (Å²) in [7, 11) is 0. The number of rotatable bonds is 0. The fourth-order valence-electron chi connectivity index (χ4n) is 0. The molecule has 0 spiro atoms. The molecule has 0 fully saturated rings. The molecule has 1 nitrogen and oxygen atoms in total. The van der Waals surface area contributed by atoms with E-state index >= 15 is 0 Å². The van der Waals surface area contributed by atoms with Gasteiger partial charge in [0.1, 0.15) is 0 Å². The van der Waals surface area contributed by atoms with E-state index < -0.39 is 0 Å². The molecule has 0 rings (SSSR count). The summed E-state index contributed by atoms with van der Waals surface area (Å²) in [6, 6.07) is 0. The van der Waals surface area contributed by atoms with Crippen LogP contribution in [0.4, 0.5) is 0 Å². The zero-order valence-corrected chi connectivity index (χ0v) is 1.73. The first-order valence-corrected chi connectivity index (χ1v) is 0.666. The van der Waals surface area contributed by atoms with E-state index in [1.54, 1.807) is 0 Å². The molecule has 0 saturated carbocycles. The zero-order valence-electron chi connectivity index (χ0n) is 1.73. The quantitative estimate of drug-likeness (QED) is 0.324. The molecular formula is C2H5KO. The minimum absolute atomic E-state index is 0. The van der Waals surface area contributed by atoms with Crippen LogP contribution >= 0.6 is 0 Å². The first-order chi connectivity index (χ1) is 1.41. The van der Waals surface area contributed by atoms with Crippen LogP contribution in [0.1, 0.15) is 0 Å². The van der Waals surface area contributed by atoms with Gasteiger partial charge in [-0.15, -0.1) is 0 Å². The number of hydrogen-bond acceptors (Lipinski definition) is 1. The van der Waals surface area contributed by atoms with Crippen molar-refractivity contribution in [3.63, 3.8) is 0 Å². The summed E-state index contributed by atoms with van der Waals surface area (Å²) in [4.78, 5) is 0. The van der Waals surface area contributed by atoms with Gasteiger partial charge in [-0.05, 0) is 0 Å². The predicted molar refractivity (Wildman–Crippen MR) is 20.0 cm³/mol. The first kappa shape index (κ1) is 8.95. The molecule has 0 aromatic heterocycles. The van der Waals surface area contributed by atoms with Crippen LogP contribution in [-0.4, -0.2) is 56.5 Å². The molecule has 0 aliphatic rings. The molecule has 0 aliphatic heterocycles. The Labute approximate surface area is 68.1 Å². The molecular weight excluding hydrogens is 79.1 g/mol. The third-order valence-corrected chi connectivity index (χ3v) is 0. The summed E-state index contributed by atoms with van der Waals surface area (Å²) in [6.07, 6.45) is 0.750.